The molecular weight excluding hydrogens is 290 g/mol. The molecule has 0 bridgehead atoms. The number of nitriles is 1. The van der Waals surface area contributed by atoms with E-state index in [0.717, 1.165) is 30.5 Å². The minimum Gasteiger partial charge on any atom is -0.506 e. The molecule has 6 heteroatoms. The SMILES string of the molecule is CCCc1[nH]nc(N=Nc2cc(C(C)CC)ccc2O)c1C#N. The van der Waals surface area contributed by atoms with Crippen LogP contribution in [0.15, 0.2) is 28.4 Å². The fraction of sp³-hybridized carbons (Fsp3) is 0.412. The summed E-state index contributed by atoms with van der Waals surface area (Å²) in [5, 5.41) is 34.2. The van der Waals surface area contributed by atoms with Crippen molar-refractivity contribution in [2.24, 2.45) is 10.2 Å². The van der Waals surface area contributed by atoms with Gasteiger partial charge < -0.3 is 5.11 Å². The molecule has 0 aliphatic rings. The highest BCUT2D eigenvalue weighted by molar-refractivity contribution is 5.54. The van der Waals surface area contributed by atoms with Gasteiger partial charge in [-0.15, -0.1) is 10.2 Å². The van der Waals surface area contributed by atoms with Crippen molar-refractivity contribution in [2.45, 2.75) is 46.0 Å². The Morgan fingerprint density at radius 3 is 2.78 bits per heavy atom. The maximum atomic E-state index is 9.94. The highest BCUT2D eigenvalue weighted by Gasteiger charge is 2.12. The van der Waals surface area contributed by atoms with Gasteiger partial charge >= 0.3 is 0 Å². The molecule has 0 radical (unpaired) electrons. The van der Waals surface area contributed by atoms with E-state index in [9.17, 15) is 10.4 Å². The second kappa shape index (κ2) is 7.54. The lowest BCUT2D eigenvalue weighted by molar-refractivity contribution is 0.476. The number of aromatic nitrogens is 2. The van der Waals surface area contributed by atoms with E-state index in [1.807, 2.05) is 19.1 Å². The van der Waals surface area contributed by atoms with Crippen LogP contribution in [0.4, 0.5) is 11.5 Å². The fourth-order valence-electron chi connectivity index (χ4n) is 2.25. The number of rotatable bonds is 6. The first-order valence-electron chi connectivity index (χ1n) is 7.82. The first kappa shape index (κ1) is 16.7. The quantitative estimate of drug-likeness (QED) is 0.745. The summed E-state index contributed by atoms with van der Waals surface area (Å²) in [5.74, 6) is 0.689. The number of phenols is 1. The Kier molecular flexibility index (Phi) is 5.47. The van der Waals surface area contributed by atoms with E-state index < -0.39 is 0 Å². The standard InChI is InChI=1S/C17H21N5O/c1-4-6-14-13(10-18)17(21-19-14)22-20-15-9-12(11(3)5-2)7-8-16(15)23/h7-9,11,23H,4-6H2,1-3H3,(H,19,21). The van der Waals surface area contributed by atoms with Gasteiger partial charge in [0, 0.05) is 0 Å². The summed E-state index contributed by atoms with van der Waals surface area (Å²) in [6, 6.07) is 7.43. The van der Waals surface area contributed by atoms with Crippen LogP contribution in [0.25, 0.3) is 0 Å². The molecule has 1 heterocycles. The van der Waals surface area contributed by atoms with Gasteiger partial charge in [0.2, 0.25) is 5.82 Å². The second-order valence-electron chi connectivity index (χ2n) is 5.52. The molecule has 0 aliphatic carbocycles. The molecule has 6 nitrogen and oxygen atoms in total. The zero-order valence-electron chi connectivity index (χ0n) is 13.7. The number of aromatic hydroxyl groups is 1. The number of hydrogen-bond donors (Lipinski definition) is 2. The average molecular weight is 311 g/mol. The Bertz CT molecular complexity index is 742. The normalized spacial score (nSPS) is 12.4. The molecule has 2 aromatic rings. The average Bonchev–Trinajstić information content (AvgIpc) is 2.95. The first-order valence-corrected chi connectivity index (χ1v) is 7.82. The van der Waals surface area contributed by atoms with E-state index in [1.165, 1.54) is 0 Å². The lowest BCUT2D eigenvalue weighted by Gasteiger charge is -2.09. The third-order valence-electron chi connectivity index (χ3n) is 3.87. The maximum absolute atomic E-state index is 9.94. The number of nitrogens with one attached hydrogen (secondary N) is 1. The number of nitrogens with zero attached hydrogens (tertiary/aromatic N) is 4. The van der Waals surface area contributed by atoms with Crippen LogP contribution in [0.5, 0.6) is 5.75 Å². The van der Waals surface area contributed by atoms with Crippen molar-refractivity contribution in [3.8, 4) is 11.8 Å². The molecule has 0 saturated carbocycles. The Morgan fingerprint density at radius 1 is 1.35 bits per heavy atom. The molecule has 0 spiro atoms. The van der Waals surface area contributed by atoms with Crippen LogP contribution in [0, 0.1) is 11.3 Å². The molecule has 0 saturated heterocycles. The number of H-pyrrole nitrogens is 1. The Balaban J connectivity index is 2.32. The van der Waals surface area contributed by atoms with Gasteiger partial charge in [-0.05, 0) is 36.5 Å². The molecule has 2 N–H and O–H groups in total. The van der Waals surface area contributed by atoms with Crippen LogP contribution in [0.3, 0.4) is 0 Å². The third kappa shape index (κ3) is 3.75. The van der Waals surface area contributed by atoms with Gasteiger partial charge in [0.05, 0.1) is 5.69 Å². The number of aryl methyl sites for hydroxylation is 1. The summed E-state index contributed by atoms with van der Waals surface area (Å²) in [4.78, 5) is 0. The van der Waals surface area contributed by atoms with Crippen LogP contribution >= 0.6 is 0 Å². The van der Waals surface area contributed by atoms with Crippen LogP contribution in [0.1, 0.15) is 56.4 Å². The van der Waals surface area contributed by atoms with Crippen molar-refractivity contribution >= 4 is 11.5 Å². The van der Waals surface area contributed by atoms with Gasteiger partial charge in [-0.25, -0.2) is 0 Å². The van der Waals surface area contributed by atoms with Crippen LogP contribution in [-0.4, -0.2) is 15.3 Å². The van der Waals surface area contributed by atoms with Gasteiger partial charge in [-0.2, -0.15) is 10.4 Å². The Hall–Kier alpha value is -2.68. The van der Waals surface area contributed by atoms with Crippen LogP contribution < -0.4 is 0 Å². The molecule has 0 fully saturated rings. The van der Waals surface area contributed by atoms with Gasteiger partial charge in [0.25, 0.3) is 0 Å². The van der Waals surface area contributed by atoms with Crippen molar-refractivity contribution < 1.29 is 5.11 Å². The molecule has 1 aromatic heterocycles. The minimum absolute atomic E-state index is 0.0589. The van der Waals surface area contributed by atoms with Crippen molar-refractivity contribution in [1.82, 2.24) is 10.2 Å². The van der Waals surface area contributed by atoms with Gasteiger partial charge in [-0.1, -0.05) is 33.3 Å². The largest absolute Gasteiger partial charge is 0.506 e. The predicted molar refractivity (Wildman–Crippen MR) is 88.3 cm³/mol. The van der Waals surface area contributed by atoms with E-state index >= 15 is 0 Å². The van der Waals surface area contributed by atoms with Crippen molar-refractivity contribution in [3.05, 3.63) is 35.0 Å². The third-order valence-corrected chi connectivity index (χ3v) is 3.87. The smallest absolute Gasteiger partial charge is 0.213 e. The van der Waals surface area contributed by atoms with E-state index in [1.54, 1.807) is 6.07 Å². The highest BCUT2D eigenvalue weighted by Crippen LogP contribution is 2.32. The van der Waals surface area contributed by atoms with Gasteiger partial charge in [0.1, 0.15) is 23.1 Å². The van der Waals surface area contributed by atoms with Crippen molar-refractivity contribution in [1.29, 1.82) is 5.26 Å². The van der Waals surface area contributed by atoms with Crippen molar-refractivity contribution in [2.75, 3.05) is 0 Å². The van der Waals surface area contributed by atoms with E-state index in [-0.39, 0.29) is 11.6 Å². The van der Waals surface area contributed by atoms with E-state index in [4.69, 9.17) is 0 Å². The first-order chi connectivity index (χ1) is 11.1. The summed E-state index contributed by atoms with van der Waals surface area (Å²) in [6.07, 6.45) is 2.64. The molecule has 0 aliphatic heterocycles. The Morgan fingerprint density at radius 2 is 2.13 bits per heavy atom. The number of benzene rings is 1. The molecule has 0 amide bonds. The second-order valence-corrected chi connectivity index (χ2v) is 5.52. The lowest BCUT2D eigenvalue weighted by Crippen LogP contribution is -1.90. The summed E-state index contributed by atoms with van der Waals surface area (Å²) in [7, 11) is 0. The monoisotopic (exact) mass is 311 g/mol. The molecule has 120 valence electrons. The van der Waals surface area contributed by atoms with Crippen LogP contribution in [0.2, 0.25) is 0 Å². The molecular formula is C17H21N5O. The lowest BCUT2D eigenvalue weighted by atomic mass is 9.98. The number of hydrogen-bond acceptors (Lipinski definition) is 5. The van der Waals surface area contributed by atoms with E-state index in [0.29, 0.717) is 17.2 Å². The fourth-order valence-corrected chi connectivity index (χ4v) is 2.25. The topological polar surface area (TPSA) is 97.4 Å². The highest BCUT2D eigenvalue weighted by atomic mass is 16.3. The number of azo groups is 1. The summed E-state index contributed by atoms with van der Waals surface area (Å²) in [5.41, 5.74) is 2.65. The zero-order chi connectivity index (χ0) is 16.8. The summed E-state index contributed by atoms with van der Waals surface area (Å²) in [6.45, 7) is 6.25. The van der Waals surface area contributed by atoms with Crippen molar-refractivity contribution in [3.63, 3.8) is 0 Å². The summed E-state index contributed by atoms with van der Waals surface area (Å²) >= 11 is 0. The maximum Gasteiger partial charge on any atom is 0.213 e. The molecule has 2 rings (SSSR count). The minimum atomic E-state index is 0.0589. The number of phenolic OH excluding ortho intramolecular Hbond substituents is 1. The number of aromatic amines is 1. The molecule has 23 heavy (non-hydrogen) atoms. The van der Waals surface area contributed by atoms with Gasteiger partial charge in [0.15, 0.2) is 0 Å². The zero-order valence-corrected chi connectivity index (χ0v) is 13.7. The van der Waals surface area contributed by atoms with E-state index in [2.05, 4.69) is 40.3 Å². The van der Waals surface area contributed by atoms with Crippen LogP contribution in [-0.2, 0) is 6.42 Å². The predicted octanol–water partition coefficient (Wildman–Crippen LogP) is 4.87. The molecule has 1 atom stereocenters. The summed E-state index contributed by atoms with van der Waals surface area (Å²) < 4.78 is 0. The van der Waals surface area contributed by atoms with Gasteiger partial charge in [-0.3, -0.25) is 5.10 Å². The Labute approximate surface area is 135 Å². The molecule has 1 unspecified atom stereocenters. The molecule has 1 aromatic carbocycles.